The Kier molecular flexibility index (Phi) is 5.51. The highest BCUT2D eigenvalue weighted by Gasteiger charge is 2.43. The molecule has 0 atom stereocenters. The summed E-state index contributed by atoms with van der Waals surface area (Å²) in [5.41, 5.74) is 14.2. The zero-order valence-corrected chi connectivity index (χ0v) is 30.0. The van der Waals surface area contributed by atoms with Crippen LogP contribution in [-0.4, -0.2) is 11.3 Å². The lowest BCUT2D eigenvalue weighted by atomic mass is 9.37. The van der Waals surface area contributed by atoms with Gasteiger partial charge in [0.2, 0.25) is 6.71 Å². The maximum Gasteiger partial charge on any atom is 0.248 e. The molecule has 11 aromatic rings. The van der Waals surface area contributed by atoms with Crippen LogP contribution in [0.15, 0.2) is 164 Å². The Hall–Kier alpha value is -6.14. The first-order valence-electron chi connectivity index (χ1n) is 18.2. The standard InChI is InChI=1S/C48H27BN2S2/c1-6-16-38-30(11-1)37-23-29(51-40-17-7-2-12-31(40)32-13-3-8-18-41(32)51)24-43-48(37)49(38)39-26-36-34-15-5-10-20-45(34)53-47(36)27-42(39)50(43)28-21-22-35-33-14-4-9-19-44(33)52-46(35)25-28/h1-27H. The van der Waals surface area contributed by atoms with Crippen molar-refractivity contribution >= 4 is 125 Å². The smallest absolute Gasteiger partial charge is 0.248 e. The molecule has 3 aromatic heterocycles. The van der Waals surface area contributed by atoms with E-state index in [0.29, 0.717) is 0 Å². The molecule has 2 aliphatic heterocycles. The van der Waals surface area contributed by atoms with Gasteiger partial charge in [-0.05, 0) is 82.0 Å². The van der Waals surface area contributed by atoms with Gasteiger partial charge in [0, 0.05) is 68.5 Å². The van der Waals surface area contributed by atoms with Crippen molar-refractivity contribution in [1.29, 1.82) is 0 Å². The number of benzene rings is 8. The molecule has 53 heavy (non-hydrogen) atoms. The van der Waals surface area contributed by atoms with Gasteiger partial charge in [0.15, 0.2) is 0 Å². The van der Waals surface area contributed by atoms with E-state index in [0.717, 1.165) is 0 Å². The third kappa shape index (κ3) is 3.73. The third-order valence-electron chi connectivity index (χ3n) is 11.8. The van der Waals surface area contributed by atoms with E-state index in [-0.39, 0.29) is 6.71 Å². The zero-order chi connectivity index (χ0) is 34.4. The third-order valence-corrected chi connectivity index (χ3v) is 14.0. The highest BCUT2D eigenvalue weighted by molar-refractivity contribution is 7.26. The van der Waals surface area contributed by atoms with E-state index in [1.165, 1.54) is 112 Å². The lowest BCUT2D eigenvalue weighted by molar-refractivity contribution is 1.17. The molecule has 0 spiro atoms. The Balaban J connectivity index is 1.17. The topological polar surface area (TPSA) is 8.17 Å². The summed E-state index contributed by atoms with van der Waals surface area (Å²) in [7, 11) is 0. The number of thiophene rings is 2. The second kappa shape index (κ2) is 10.3. The number of aromatic nitrogens is 1. The molecule has 0 bridgehead atoms. The fourth-order valence-corrected chi connectivity index (χ4v) is 11.9. The van der Waals surface area contributed by atoms with Gasteiger partial charge in [0.1, 0.15) is 0 Å². The summed E-state index contributed by atoms with van der Waals surface area (Å²) in [6.07, 6.45) is 0. The van der Waals surface area contributed by atoms with Crippen molar-refractivity contribution in [3.63, 3.8) is 0 Å². The van der Waals surface area contributed by atoms with E-state index < -0.39 is 0 Å². The van der Waals surface area contributed by atoms with Gasteiger partial charge in [-0.25, -0.2) is 0 Å². The summed E-state index contributed by atoms with van der Waals surface area (Å²) in [4.78, 5) is 2.58. The second-order valence-electron chi connectivity index (χ2n) is 14.4. The largest absolute Gasteiger partial charge is 0.311 e. The van der Waals surface area contributed by atoms with E-state index in [1.807, 2.05) is 22.7 Å². The summed E-state index contributed by atoms with van der Waals surface area (Å²) < 4.78 is 7.78. The molecule has 5 heterocycles. The number of nitrogens with zero attached hydrogens (tertiary/aromatic N) is 2. The van der Waals surface area contributed by atoms with Crippen LogP contribution in [0, 0.1) is 0 Å². The average molecular weight is 707 g/mol. The van der Waals surface area contributed by atoms with Crippen LogP contribution in [-0.2, 0) is 0 Å². The molecule has 0 unspecified atom stereocenters. The lowest BCUT2D eigenvalue weighted by Gasteiger charge is -2.36. The predicted molar refractivity (Wildman–Crippen MR) is 231 cm³/mol. The molecule has 13 rings (SSSR count). The van der Waals surface area contributed by atoms with Crippen LogP contribution in [0.2, 0.25) is 0 Å². The van der Waals surface area contributed by atoms with Crippen molar-refractivity contribution in [3.8, 4) is 16.8 Å². The number of anilines is 3. The highest BCUT2D eigenvalue weighted by Crippen LogP contribution is 2.47. The Morgan fingerprint density at radius 2 is 0.981 bits per heavy atom. The van der Waals surface area contributed by atoms with Crippen LogP contribution < -0.4 is 21.3 Å². The molecule has 0 N–H and O–H groups in total. The molecule has 2 nitrogen and oxygen atoms in total. The van der Waals surface area contributed by atoms with Crippen LogP contribution in [0.3, 0.4) is 0 Å². The van der Waals surface area contributed by atoms with Gasteiger partial charge in [-0.3, -0.25) is 0 Å². The van der Waals surface area contributed by atoms with Gasteiger partial charge in [-0.15, -0.1) is 22.7 Å². The Labute approximate surface area is 313 Å². The van der Waals surface area contributed by atoms with Crippen molar-refractivity contribution in [1.82, 2.24) is 4.57 Å². The fraction of sp³-hybridized carbons (Fsp3) is 0. The second-order valence-corrected chi connectivity index (χ2v) is 16.6. The molecule has 5 heteroatoms. The van der Waals surface area contributed by atoms with Gasteiger partial charge in [-0.1, -0.05) is 115 Å². The van der Waals surface area contributed by atoms with E-state index >= 15 is 0 Å². The maximum atomic E-state index is 2.58. The number of para-hydroxylation sites is 2. The Morgan fingerprint density at radius 3 is 1.74 bits per heavy atom. The quantitative estimate of drug-likeness (QED) is 0.163. The van der Waals surface area contributed by atoms with Crippen molar-refractivity contribution in [2.24, 2.45) is 0 Å². The molecule has 0 saturated carbocycles. The molecular weight excluding hydrogens is 679 g/mol. The van der Waals surface area contributed by atoms with E-state index in [9.17, 15) is 0 Å². The normalized spacial score (nSPS) is 13.2. The monoisotopic (exact) mass is 706 g/mol. The van der Waals surface area contributed by atoms with Gasteiger partial charge in [-0.2, -0.15) is 0 Å². The highest BCUT2D eigenvalue weighted by atomic mass is 32.1. The molecule has 8 aromatic carbocycles. The maximum absolute atomic E-state index is 2.58. The first-order chi connectivity index (χ1) is 26.3. The Bertz CT molecular complexity index is 3330. The predicted octanol–water partition coefficient (Wildman–Crippen LogP) is 11.8. The fourth-order valence-electron chi connectivity index (χ4n) is 9.60. The zero-order valence-electron chi connectivity index (χ0n) is 28.4. The van der Waals surface area contributed by atoms with Crippen molar-refractivity contribution < 1.29 is 0 Å². The van der Waals surface area contributed by atoms with E-state index in [4.69, 9.17) is 0 Å². The molecule has 244 valence electrons. The number of rotatable bonds is 2. The molecule has 0 amide bonds. The number of hydrogen-bond acceptors (Lipinski definition) is 3. The van der Waals surface area contributed by atoms with Crippen LogP contribution in [0.25, 0.3) is 79.0 Å². The lowest BCUT2D eigenvalue weighted by Crippen LogP contribution is -2.54. The first kappa shape index (κ1) is 28.5. The summed E-state index contributed by atoms with van der Waals surface area (Å²) in [5.74, 6) is 0. The molecule has 0 radical (unpaired) electrons. The molecule has 0 fully saturated rings. The van der Waals surface area contributed by atoms with Crippen molar-refractivity contribution in [3.05, 3.63) is 164 Å². The number of hydrogen-bond donors (Lipinski definition) is 0. The summed E-state index contributed by atoms with van der Waals surface area (Å²) in [6, 6.07) is 61.6. The molecular formula is C48H27BN2S2. The van der Waals surface area contributed by atoms with Crippen LogP contribution >= 0.6 is 22.7 Å². The van der Waals surface area contributed by atoms with Crippen LogP contribution in [0.5, 0.6) is 0 Å². The van der Waals surface area contributed by atoms with Gasteiger partial charge < -0.3 is 9.47 Å². The molecule has 2 aliphatic rings. The number of fused-ring (bicyclic) bond motifs is 14. The summed E-state index contributed by atoms with van der Waals surface area (Å²) >= 11 is 3.79. The average Bonchev–Trinajstić information content (AvgIpc) is 3.95. The van der Waals surface area contributed by atoms with Crippen LogP contribution in [0.4, 0.5) is 17.1 Å². The van der Waals surface area contributed by atoms with Gasteiger partial charge in [0.25, 0.3) is 0 Å². The first-order valence-corrected chi connectivity index (χ1v) is 19.8. The molecule has 0 aliphatic carbocycles. The van der Waals surface area contributed by atoms with E-state index in [1.54, 1.807) is 0 Å². The molecule has 0 saturated heterocycles. The minimum absolute atomic E-state index is 0.144. The van der Waals surface area contributed by atoms with Crippen molar-refractivity contribution in [2.45, 2.75) is 0 Å². The minimum Gasteiger partial charge on any atom is -0.311 e. The SMILES string of the molecule is c1ccc2c(c1)B1c3cc4c(cc3N(c3ccc5c(c3)sc3ccccc35)c3cc(-n5c6ccccc6c6ccccc65)cc-2c31)sc1ccccc14. The van der Waals surface area contributed by atoms with Gasteiger partial charge in [0.05, 0.1) is 11.0 Å². The van der Waals surface area contributed by atoms with Crippen molar-refractivity contribution in [2.75, 3.05) is 4.90 Å². The van der Waals surface area contributed by atoms with Crippen LogP contribution in [0.1, 0.15) is 0 Å². The van der Waals surface area contributed by atoms with Gasteiger partial charge >= 0.3 is 0 Å². The summed E-state index contributed by atoms with van der Waals surface area (Å²) in [5, 5.41) is 7.89. The van der Waals surface area contributed by atoms with E-state index in [2.05, 4.69) is 173 Å². The summed E-state index contributed by atoms with van der Waals surface area (Å²) in [6.45, 7) is 0.144. The Morgan fingerprint density at radius 1 is 0.377 bits per heavy atom. The minimum atomic E-state index is 0.144.